The molecule has 5 nitrogen and oxygen atoms in total. The third-order valence-corrected chi connectivity index (χ3v) is 4.58. The van der Waals surface area contributed by atoms with Crippen molar-refractivity contribution in [1.82, 2.24) is 10.2 Å². The lowest BCUT2D eigenvalue weighted by Crippen LogP contribution is -2.50. The molecule has 0 saturated carbocycles. The fourth-order valence-corrected chi connectivity index (χ4v) is 2.83. The number of benzene rings is 2. The van der Waals surface area contributed by atoms with Gasteiger partial charge in [-0.1, -0.05) is 55.0 Å². The second kappa shape index (κ2) is 11.1. The molecule has 0 spiro atoms. The molecule has 150 valence electrons. The zero-order valence-electron chi connectivity index (χ0n) is 17.0. The molecule has 28 heavy (non-hydrogen) atoms. The Bertz CT molecular complexity index is 744. The van der Waals surface area contributed by atoms with Crippen LogP contribution in [0.5, 0.6) is 5.75 Å². The van der Waals surface area contributed by atoms with Crippen molar-refractivity contribution in [1.29, 1.82) is 0 Å². The van der Waals surface area contributed by atoms with Gasteiger partial charge in [-0.15, -0.1) is 0 Å². The maximum atomic E-state index is 12.8. The summed E-state index contributed by atoms with van der Waals surface area (Å²) >= 11 is 0. The zero-order valence-corrected chi connectivity index (χ0v) is 17.0. The number of rotatable bonds is 10. The summed E-state index contributed by atoms with van der Waals surface area (Å²) in [5, 5.41) is 2.87. The van der Waals surface area contributed by atoms with Crippen molar-refractivity contribution in [3.63, 3.8) is 0 Å². The minimum Gasteiger partial charge on any atom is -0.484 e. The van der Waals surface area contributed by atoms with E-state index in [1.165, 1.54) is 0 Å². The van der Waals surface area contributed by atoms with Gasteiger partial charge in [0.25, 0.3) is 5.91 Å². The number of hydrogen-bond donors (Lipinski definition) is 1. The van der Waals surface area contributed by atoms with Crippen LogP contribution in [0.1, 0.15) is 31.4 Å². The molecule has 2 amide bonds. The molecule has 0 bridgehead atoms. The average Bonchev–Trinajstić information content (AvgIpc) is 2.72. The van der Waals surface area contributed by atoms with Crippen LogP contribution >= 0.6 is 0 Å². The fourth-order valence-electron chi connectivity index (χ4n) is 2.83. The third-order valence-electron chi connectivity index (χ3n) is 4.58. The molecule has 2 aromatic carbocycles. The molecule has 1 atom stereocenters. The summed E-state index contributed by atoms with van der Waals surface area (Å²) in [5.74, 6) is 0.305. The Labute approximate surface area is 167 Å². The van der Waals surface area contributed by atoms with E-state index >= 15 is 0 Å². The highest BCUT2D eigenvalue weighted by Crippen LogP contribution is 2.12. The molecule has 0 aliphatic heterocycles. The minimum atomic E-state index is -0.551. The minimum absolute atomic E-state index is 0.0940. The first-order chi connectivity index (χ1) is 13.5. The molecule has 2 aromatic rings. The van der Waals surface area contributed by atoms with Crippen LogP contribution < -0.4 is 10.1 Å². The van der Waals surface area contributed by atoms with Crippen molar-refractivity contribution < 1.29 is 14.3 Å². The Morgan fingerprint density at radius 1 is 1.07 bits per heavy atom. The van der Waals surface area contributed by atoms with Gasteiger partial charge in [0.1, 0.15) is 11.8 Å². The van der Waals surface area contributed by atoms with Gasteiger partial charge in [-0.3, -0.25) is 9.59 Å². The second-order valence-corrected chi connectivity index (χ2v) is 6.89. The zero-order chi connectivity index (χ0) is 20.4. The highest BCUT2D eigenvalue weighted by atomic mass is 16.5. The maximum absolute atomic E-state index is 12.8. The van der Waals surface area contributed by atoms with Crippen molar-refractivity contribution in [2.45, 2.75) is 39.7 Å². The lowest BCUT2D eigenvalue weighted by molar-refractivity contribution is -0.141. The van der Waals surface area contributed by atoms with E-state index in [4.69, 9.17) is 4.74 Å². The first kappa shape index (κ1) is 21.5. The third kappa shape index (κ3) is 6.72. The molecule has 0 aliphatic rings. The van der Waals surface area contributed by atoms with Crippen LogP contribution in [0.25, 0.3) is 0 Å². The van der Waals surface area contributed by atoms with Crippen LogP contribution in [0.15, 0.2) is 54.6 Å². The highest BCUT2D eigenvalue weighted by molar-refractivity contribution is 5.87. The van der Waals surface area contributed by atoms with Gasteiger partial charge >= 0.3 is 0 Å². The Balaban J connectivity index is 2.03. The summed E-state index contributed by atoms with van der Waals surface area (Å²) in [6.45, 7) is 6.73. The van der Waals surface area contributed by atoms with Gasteiger partial charge in [-0.25, -0.2) is 0 Å². The number of carbonyl (C=O) groups is 2. The molecule has 0 unspecified atom stereocenters. The molecule has 2 rings (SSSR count). The predicted molar refractivity (Wildman–Crippen MR) is 111 cm³/mol. The Morgan fingerprint density at radius 2 is 1.75 bits per heavy atom. The van der Waals surface area contributed by atoms with Crippen LogP contribution in [-0.4, -0.2) is 42.5 Å². The molecule has 0 saturated heterocycles. The Morgan fingerprint density at radius 3 is 2.39 bits per heavy atom. The Hall–Kier alpha value is -2.82. The standard InChI is InChI=1S/C23H30N2O3/c1-4-15-24-23(27)19(3)25(16-14-20-8-6-5-7-9-20)22(26)17-28-21-12-10-18(2)11-13-21/h5-13,19H,4,14-17H2,1-3H3,(H,24,27)/t19-/m0/s1. The van der Waals surface area contributed by atoms with Gasteiger partial charge in [0.05, 0.1) is 0 Å². The van der Waals surface area contributed by atoms with Gasteiger partial charge < -0.3 is 15.0 Å². The number of amides is 2. The van der Waals surface area contributed by atoms with E-state index in [0.717, 1.165) is 17.5 Å². The second-order valence-electron chi connectivity index (χ2n) is 6.89. The van der Waals surface area contributed by atoms with Crippen molar-refractivity contribution in [2.75, 3.05) is 19.7 Å². The van der Waals surface area contributed by atoms with E-state index in [0.29, 0.717) is 25.3 Å². The SMILES string of the molecule is CCCNC(=O)[C@H](C)N(CCc1ccccc1)C(=O)COc1ccc(C)cc1. The van der Waals surface area contributed by atoms with Crippen molar-refractivity contribution in [2.24, 2.45) is 0 Å². The topological polar surface area (TPSA) is 58.6 Å². The summed E-state index contributed by atoms with van der Waals surface area (Å²) in [6.07, 6.45) is 1.54. The molecular weight excluding hydrogens is 352 g/mol. The number of nitrogens with zero attached hydrogens (tertiary/aromatic N) is 1. The smallest absolute Gasteiger partial charge is 0.261 e. The Kier molecular flexibility index (Phi) is 8.53. The van der Waals surface area contributed by atoms with E-state index in [2.05, 4.69) is 5.32 Å². The van der Waals surface area contributed by atoms with Crippen molar-refractivity contribution in [3.05, 3.63) is 65.7 Å². The predicted octanol–water partition coefficient (Wildman–Crippen LogP) is 3.36. The van der Waals surface area contributed by atoms with Crippen LogP contribution in [0.4, 0.5) is 0 Å². The highest BCUT2D eigenvalue weighted by Gasteiger charge is 2.25. The van der Waals surface area contributed by atoms with Crippen LogP contribution in [-0.2, 0) is 16.0 Å². The number of carbonyl (C=O) groups excluding carboxylic acids is 2. The number of aryl methyl sites for hydroxylation is 1. The van der Waals surface area contributed by atoms with E-state index in [9.17, 15) is 9.59 Å². The first-order valence-electron chi connectivity index (χ1n) is 9.81. The number of hydrogen-bond acceptors (Lipinski definition) is 3. The van der Waals surface area contributed by atoms with Crippen LogP contribution in [0.2, 0.25) is 0 Å². The molecule has 1 N–H and O–H groups in total. The molecule has 5 heteroatoms. The summed E-state index contributed by atoms with van der Waals surface area (Å²) in [5.41, 5.74) is 2.25. The van der Waals surface area contributed by atoms with Gasteiger partial charge in [0, 0.05) is 13.1 Å². The number of nitrogens with one attached hydrogen (secondary N) is 1. The first-order valence-corrected chi connectivity index (χ1v) is 9.81. The summed E-state index contributed by atoms with van der Waals surface area (Å²) in [6, 6.07) is 17.0. The molecule has 0 radical (unpaired) electrons. The van der Waals surface area contributed by atoms with Crippen LogP contribution in [0.3, 0.4) is 0 Å². The van der Waals surface area contributed by atoms with E-state index in [-0.39, 0.29) is 18.4 Å². The summed E-state index contributed by atoms with van der Waals surface area (Å²) in [4.78, 5) is 26.9. The van der Waals surface area contributed by atoms with Gasteiger partial charge in [-0.05, 0) is 44.4 Å². The summed E-state index contributed by atoms with van der Waals surface area (Å²) < 4.78 is 5.64. The molecule has 0 aliphatic carbocycles. The van der Waals surface area contributed by atoms with Gasteiger partial charge in [-0.2, -0.15) is 0 Å². The van der Waals surface area contributed by atoms with Gasteiger partial charge in [0.2, 0.25) is 5.91 Å². The van der Waals surface area contributed by atoms with Crippen molar-refractivity contribution >= 4 is 11.8 Å². The van der Waals surface area contributed by atoms with E-state index < -0.39 is 6.04 Å². The lowest BCUT2D eigenvalue weighted by Gasteiger charge is -2.28. The molecular formula is C23H30N2O3. The average molecular weight is 383 g/mol. The summed E-state index contributed by atoms with van der Waals surface area (Å²) in [7, 11) is 0. The quantitative estimate of drug-likeness (QED) is 0.685. The van der Waals surface area contributed by atoms with E-state index in [1.807, 2.05) is 68.4 Å². The fraction of sp³-hybridized carbons (Fsp3) is 0.391. The molecule has 0 heterocycles. The van der Waals surface area contributed by atoms with E-state index in [1.54, 1.807) is 11.8 Å². The largest absolute Gasteiger partial charge is 0.484 e. The van der Waals surface area contributed by atoms with Crippen LogP contribution in [0, 0.1) is 6.92 Å². The molecule has 0 aromatic heterocycles. The molecule has 0 fully saturated rings. The normalized spacial score (nSPS) is 11.5. The number of ether oxygens (including phenoxy) is 1. The van der Waals surface area contributed by atoms with Crippen molar-refractivity contribution in [3.8, 4) is 5.75 Å². The lowest BCUT2D eigenvalue weighted by atomic mass is 10.1. The maximum Gasteiger partial charge on any atom is 0.261 e. The monoisotopic (exact) mass is 382 g/mol. The van der Waals surface area contributed by atoms with Gasteiger partial charge in [0.15, 0.2) is 6.61 Å².